The summed E-state index contributed by atoms with van der Waals surface area (Å²) in [6, 6.07) is 7.95. The number of nitrogens with two attached hydrogens (primary N) is 1. The van der Waals surface area contributed by atoms with E-state index in [0.717, 1.165) is 29.1 Å². The van der Waals surface area contributed by atoms with Crippen molar-refractivity contribution in [2.75, 3.05) is 11.4 Å². The van der Waals surface area contributed by atoms with Gasteiger partial charge < -0.3 is 10.6 Å². The van der Waals surface area contributed by atoms with Gasteiger partial charge in [-0.05, 0) is 61.8 Å². The van der Waals surface area contributed by atoms with Crippen molar-refractivity contribution in [2.45, 2.75) is 45.1 Å². The minimum Gasteiger partial charge on any atom is -0.369 e. The first kappa shape index (κ1) is 14.7. The number of aliphatic imine (C=N–C) groups is 1. The molecule has 114 valence electrons. The van der Waals surface area contributed by atoms with Gasteiger partial charge in [0, 0.05) is 10.7 Å². The molecule has 0 saturated heterocycles. The summed E-state index contributed by atoms with van der Waals surface area (Å²) >= 11 is 6.01. The largest absolute Gasteiger partial charge is 0.369 e. The van der Waals surface area contributed by atoms with Crippen LogP contribution in [0.3, 0.4) is 0 Å². The van der Waals surface area contributed by atoms with Gasteiger partial charge in [-0.15, -0.1) is 0 Å². The predicted octanol–water partition coefficient (Wildman–Crippen LogP) is 4.06. The lowest BCUT2D eigenvalue weighted by Gasteiger charge is -2.45. The molecule has 0 radical (unpaired) electrons. The van der Waals surface area contributed by atoms with Crippen LogP contribution in [0.2, 0.25) is 5.02 Å². The molecule has 0 unspecified atom stereocenters. The van der Waals surface area contributed by atoms with Crippen molar-refractivity contribution < 1.29 is 0 Å². The number of guanidine groups is 1. The molecule has 4 heteroatoms. The van der Waals surface area contributed by atoms with Crippen LogP contribution in [0.4, 0.5) is 5.69 Å². The molecule has 1 fully saturated rings. The Morgan fingerprint density at radius 2 is 1.86 bits per heavy atom. The fourth-order valence-electron chi connectivity index (χ4n) is 3.83. The Kier molecular flexibility index (Phi) is 3.87. The minimum absolute atomic E-state index is 0.0866. The Balaban J connectivity index is 1.84. The van der Waals surface area contributed by atoms with Crippen molar-refractivity contribution in [2.24, 2.45) is 22.6 Å². The number of nitrogens with zero attached hydrogens (tertiary/aromatic N) is 2. The normalized spacial score (nSPS) is 29.2. The highest BCUT2D eigenvalue weighted by Gasteiger charge is 2.45. The number of anilines is 1. The Morgan fingerprint density at radius 3 is 2.43 bits per heavy atom. The van der Waals surface area contributed by atoms with Crippen LogP contribution in [0.15, 0.2) is 29.3 Å². The monoisotopic (exact) mass is 305 g/mol. The summed E-state index contributed by atoms with van der Waals surface area (Å²) in [6.45, 7) is 5.49. The molecular weight excluding hydrogens is 282 g/mol. The molecule has 1 heterocycles. The van der Waals surface area contributed by atoms with E-state index in [2.05, 4.69) is 23.7 Å². The second kappa shape index (κ2) is 5.53. The first-order valence-corrected chi connectivity index (χ1v) is 8.25. The summed E-state index contributed by atoms with van der Waals surface area (Å²) in [5.74, 6) is 2.26. The maximum absolute atomic E-state index is 6.19. The standard InChI is InChI=1S/C17H24ClN3/c1-12(2)13-7-9-17(10-8-13)11-20-16(19)21(17)15-5-3-14(18)4-6-15/h3-6,12-13H,7-11H2,1-2H3,(H2,19,20). The number of hydrogen-bond donors (Lipinski definition) is 1. The first-order chi connectivity index (χ1) is 10.0. The van der Waals surface area contributed by atoms with Crippen molar-refractivity contribution in [1.82, 2.24) is 0 Å². The maximum Gasteiger partial charge on any atom is 0.196 e. The van der Waals surface area contributed by atoms with E-state index in [0.29, 0.717) is 5.96 Å². The number of halogens is 1. The number of hydrogen-bond acceptors (Lipinski definition) is 3. The molecule has 3 rings (SSSR count). The zero-order valence-electron chi connectivity index (χ0n) is 12.8. The van der Waals surface area contributed by atoms with Crippen molar-refractivity contribution in [3.8, 4) is 0 Å². The highest BCUT2D eigenvalue weighted by atomic mass is 35.5. The lowest BCUT2D eigenvalue weighted by molar-refractivity contribution is 0.206. The lowest BCUT2D eigenvalue weighted by atomic mass is 9.72. The molecular formula is C17H24ClN3. The second-order valence-corrected chi connectivity index (χ2v) is 7.23. The molecule has 1 aliphatic carbocycles. The SMILES string of the molecule is CC(C)C1CCC2(CC1)CN=C(N)N2c1ccc(Cl)cc1. The van der Waals surface area contributed by atoms with Gasteiger partial charge in [0.2, 0.25) is 0 Å². The van der Waals surface area contributed by atoms with Gasteiger partial charge in [-0.25, -0.2) is 0 Å². The van der Waals surface area contributed by atoms with E-state index >= 15 is 0 Å². The third-order valence-electron chi connectivity index (χ3n) is 5.23. The molecule has 1 aliphatic heterocycles. The molecule has 2 aliphatic rings. The van der Waals surface area contributed by atoms with Crippen LogP contribution in [0.5, 0.6) is 0 Å². The zero-order valence-corrected chi connectivity index (χ0v) is 13.6. The van der Waals surface area contributed by atoms with Crippen molar-refractivity contribution in [1.29, 1.82) is 0 Å². The van der Waals surface area contributed by atoms with E-state index in [-0.39, 0.29) is 5.54 Å². The fraction of sp³-hybridized carbons (Fsp3) is 0.588. The van der Waals surface area contributed by atoms with E-state index in [1.54, 1.807) is 0 Å². The van der Waals surface area contributed by atoms with E-state index < -0.39 is 0 Å². The Hall–Kier alpha value is -1.22. The van der Waals surface area contributed by atoms with Crippen molar-refractivity contribution in [3.05, 3.63) is 29.3 Å². The van der Waals surface area contributed by atoms with Gasteiger partial charge in [0.1, 0.15) is 0 Å². The molecule has 1 saturated carbocycles. The van der Waals surface area contributed by atoms with Gasteiger partial charge in [0.05, 0.1) is 12.1 Å². The Bertz CT molecular complexity index is 527. The summed E-state index contributed by atoms with van der Waals surface area (Å²) in [4.78, 5) is 6.80. The molecule has 1 aromatic carbocycles. The Morgan fingerprint density at radius 1 is 1.24 bits per heavy atom. The van der Waals surface area contributed by atoms with Crippen LogP contribution >= 0.6 is 11.6 Å². The van der Waals surface area contributed by atoms with Crippen molar-refractivity contribution in [3.63, 3.8) is 0 Å². The second-order valence-electron chi connectivity index (χ2n) is 6.79. The summed E-state index contributed by atoms with van der Waals surface area (Å²) in [6.07, 6.45) is 4.88. The van der Waals surface area contributed by atoms with E-state index in [1.165, 1.54) is 25.7 Å². The summed E-state index contributed by atoms with van der Waals surface area (Å²) in [7, 11) is 0. The molecule has 0 amide bonds. The molecule has 1 aromatic rings. The summed E-state index contributed by atoms with van der Waals surface area (Å²) in [5.41, 5.74) is 7.39. The molecule has 1 spiro atoms. The highest BCUT2D eigenvalue weighted by molar-refractivity contribution is 6.30. The molecule has 2 N–H and O–H groups in total. The van der Waals surface area contributed by atoms with Crippen LogP contribution in [-0.2, 0) is 0 Å². The first-order valence-electron chi connectivity index (χ1n) is 7.87. The number of rotatable bonds is 2. The highest BCUT2D eigenvalue weighted by Crippen LogP contribution is 2.43. The quantitative estimate of drug-likeness (QED) is 0.895. The average molecular weight is 306 g/mol. The van der Waals surface area contributed by atoms with Crippen LogP contribution < -0.4 is 10.6 Å². The zero-order chi connectivity index (χ0) is 15.0. The van der Waals surface area contributed by atoms with E-state index in [9.17, 15) is 0 Å². The molecule has 3 nitrogen and oxygen atoms in total. The van der Waals surface area contributed by atoms with Crippen LogP contribution in [0.25, 0.3) is 0 Å². The van der Waals surface area contributed by atoms with Crippen LogP contribution in [-0.4, -0.2) is 18.0 Å². The average Bonchev–Trinajstić information content (AvgIpc) is 2.78. The third kappa shape index (κ3) is 2.64. The lowest BCUT2D eigenvalue weighted by Crippen LogP contribution is -2.54. The van der Waals surface area contributed by atoms with E-state index in [4.69, 9.17) is 17.3 Å². The van der Waals surface area contributed by atoms with Crippen molar-refractivity contribution >= 4 is 23.2 Å². The van der Waals surface area contributed by atoms with Gasteiger partial charge in [-0.3, -0.25) is 4.99 Å². The van der Waals surface area contributed by atoms with Crippen LogP contribution in [0.1, 0.15) is 39.5 Å². The van der Waals surface area contributed by atoms with Crippen LogP contribution in [0, 0.1) is 11.8 Å². The van der Waals surface area contributed by atoms with Gasteiger partial charge in [0.25, 0.3) is 0 Å². The summed E-state index contributed by atoms with van der Waals surface area (Å²) < 4.78 is 0. The predicted molar refractivity (Wildman–Crippen MR) is 89.9 cm³/mol. The van der Waals surface area contributed by atoms with Gasteiger partial charge in [-0.2, -0.15) is 0 Å². The topological polar surface area (TPSA) is 41.6 Å². The van der Waals surface area contributed by atoms with Gasteiger partial charge in [-0.1, -0.05) is 25.4 Å². The molecule has 0 aromatic heterocycles. The summed E-state index contributed by atoms with van der Waals surface area (Å²) in [5, 5.41) is 0.756. The smallest absolute Gasteiger partial charge is 0.196 e. The van der Waals surface area contributed by atoms with Gasteiger partial charge in [0.15, 0.2) is 5.96 Å². The number of benzene rings is 1. The maximum atomic E-state index is 6.19. The molecule has 21 heavy (non-hydrogen) atoms. The van der Waals surface area contributed by atoms with E-state index in [1.807, 2.05) is 24.3 Å². The van der Waals surface area contributed by atoms with Gasteiger partial charge >= 0.3 is 0 Å². The molecule has 0 atom stereocenters. The third-order valence-corrected chi connectivity index (χ3v) is 5.48. The fourth-order valence-corrected chi connectivity index (χ4v) is 3.96. The minimum atomic E-state index is 0.0866. The molecule has 0 bridgehead atoms. The Labute approximate surface area is 132 Å².